The molecule has 1 aromatic carbocycles. The lowest BCUT2D eigenvalue weighted by Crippen LogP contribution is -2.40. The third kappa shape index (κ3) is 4.46. The van der Waals surface area contributed by atoms with Gasteiger partial charge in [-0.3, -0.25) is 4.79 Å². The molecule has 2 unspecified atom stereocenters. The first-order valence-electron chi connectivity index (χ1n) is 7.73. The molecule has 2 rings (SSSR count). The van der Waals surface area contributed by atoms with E-state index in [1.54, 1.807) is 0 Å². The van der Waals surface area contributed by atoms with Crippen LogP contribution in [0, 0.1) is 5.92 Å². The summed E-state index contributed by atoms with van der Waals surface area (Å²) in [4.78, 5) is 11.9. The summed E-state index contributed by atoms with van der Waals surface area (Å²) in [5, 5.41) is 12.2. The second-order valence-electron chi connectivity index (χ2n) is 6.06. The van der Waals surface area contributed by atoms with Gasteiger partial charge < -0.3 is 15.2 Å². The van der Waals surface area contributed by atoms with Gasteiger partial charge in [0.15, 0.2) is 6.61 Å². The lowest BCUT2D eigenvalue weighted by molar-refractivity contribution is -0.124. The fourth-order valence-electron chi connectivity index (χ4n) is 2.81. The average Bonchev–Trinajstić information content (AvgIpc) is 2.92. The highest BCUT2D eigenvalue weighted by Gasteiger charge is 2.27. The standard InChI is InChI=1S/C17H25NO3/c1-12(2)13-5-3-7-15(9-13)21-11-17(20)18-16-8-4-6-14(16)10-19/h3,5,7,9,12,14,16,19H,4,6,8,10-11H2,1-2H3,(H,18,20). The van der Waals surface area contributed by atoms with Crippen molar-refractivity contribution in [1.82, 2.24) is 5.32 Å². The summed E-state index contributed by atoms with van der Waals surface area (Å²) in [6.45, 7) is 4.42. The van der Waals surface area contributed by atoms with Crippen LogP contribution < -0.4 is 10.1 Å². The predicted molar refractivity (Wildman–Crippen MR) is 82.4 cm³/mol. The quantitative estimate of drug-likeness (QED) is 0.846. The first kappa shape index (κ1) is 15.8. The van der Waals surface area contributed by atoms with Gasteiger partial charge in [0.1, 0.15) is 5.75 Å². The van der Waals surface area contributed by atoms with Crippen LogP contribution in [-0.2, 0) is 4.79 Å². The molecule has 0 aromatic heterocycles. The molecule has 1 aliphatic rings. The lowest BCUT2D eigenvalue weighted by atomic mass is 10.0. The summed E-state index contributed by atoms with van der Waals surface area (Å²) < 4.78 is 5.56. The maximum absolute atomic E-state index is 11.9. The minimum atomic E-state index is -0.115. The molecule has 116 valence electrons. The predicted octanol–water partition coefficient (Wildman–Crippen LogP) is 2.47. The molecular weight excluding hydrogens is 266 g/mol. The minimum Gasteiger partial charge on any atom is -0.484 e. The molecule has 1 saturated carbocycles. The highest BCUT2D eigenvalue weighted by atomic mass is 16.5. The minimum absolute atomic E-state index is 0.0240. The van der Waals surface area contributed by atoms with E-state index in [4.69, 9.17) is 4.74 Å². The van der Waals surface area contributed by atoms with Gasteiger partial charge in [-0.15, -0.1) is 0 Å². The van der Waals surface area contributed by atoms with Crippen LogP contribution in [0.3, 0.4) is 0 Å². The zero-order valence-electron chi connectivity index (χ0n) is 12.8. The SMILES string of the molecule is CC(C)c1cccc(OCC(=O)NC2CCCC2CO)c1. The Morgan fingerprint density at radius 1 is 1.43 bits per heavy atom. The number of benzene rings is 1. The first-order chi connectivity index (χ1) is 10.1. The Morgan fingerprint density at radius 3 is 2.95 bits per heavy atom. The van der Waals surface area contributed by atoms with E-state index < -0.39 is 0 Å². The van der Waals surface area contributed by atoms with E-state index in [0.717, 1.165) is 25.0 Å². The Balaban J connectivity index is 1.82. The van der Waals surface area contributed by atoms with Gasteiger partial charge in [-0.2, -0.15) is 0 Å². The van der Waals surface area contributed by atoms with Gasteiger partial charge in [0.2, 0.25) is 0 Å². The second-order valence-corrected chi connectivity index (χ2v) is 6.06. The van der Waals surface area contributed by atoms with Crippen LogP contribution >= 0.6 is 0 Å². The summed E-state index contributed by atoms with van der Waals surface area (Å²) in [7, 11) is 0. The Kier molecular flexibility index (Phi) is 5.62. The van der Waals surface area contributed by atoms with Gasteiger partial charge in [0.25, 0.3) is 5.91 Å². The molecule has 0 aliphatic heterocycles. The van der Waals surface area contributed by atoms with Gasteiger partial charge in [-0.1, -0.05) is 32.4 Å². The fourth-order valence-corrected chi connectivity index (χ4v) is 2.81. The van der Waals surface area contributed by atoms with Gasteiger partial charge in [0.05, 0.1) is 0 Å². The maximum atomic E-state index is 11.9. The Labute approximate surface area is 126 Å². The van der Waals surface area contributed by atoms with Gasteiger partial charge in [-0.05, 0) is 36.5 Å². The van der Waals surface area contributed by atoms with Crippen molar-refractivity contribution in [3.63, 3.8) is 0 Å². The van der Waals surface area contributed by atoms with E-state index in [1.807, 2.05) is 18.2 Å². The average molecular weight is 291 g/mol. The molecule has 0 radical (unpaired) electrons. The van der Waals surface area contributed by atoms with Crippen molar-refractivity contribution in [1.29, 1.82) is 0 Å². The molecular formula is C17H25NO3. The van der Waals surface area contributed by atoms with Crippen molar-refractivity contribution < 1.29 is 14.6 Å². The smallest absolute Gasteiger partial charge is 0.258 e. The number of aliphatic hydroxyl groups is 1. The number of carbonyl (C=O) groups is 1. The summed E-state index contributed by atoms with van der Waals surface area (Å²) in [5.41, 5.74) is 1.20. The molecule has 0 heterocycles. The summed E-state index contributed by atoms with van der Waals surface area (Å²) in [5.74, 6) is 1.24. The van der Waals surface area contributed by atoms with E-state index >= 15 is 0 Å². The largest absolute Gasteiger partial charge is 0.484 e. The van der Waals surface area contributed by atoms with Crippen molar-refractivity contribution in [2.75, 3.05) is 13.2 Å². The number of amides is 1. The summed E-state index contributed by atoms with van der Waals surface area (Å²) in [6.07, 6.45) is 2.99. The van der Waals surface area contributed by atoms with Gasteiger partial charge in [-0.25, -0.2) is 0 Å². The van der Waals surface area contributed by atoms with Crippen molar-refractivity contribution in [2.45, 2.75) is 45.1 Å². The van der Waals surface area contributed by atoms with Crippen LogP contribution in [-0.4, -0.2) is 30.3 Å². The van der Waals surface area contributed by atoms with Gasteiger partial charge in [0, 0.05) is 18.6 Å². The first-order valence-corrected chi connectivity index (χ1v) is 7.73. The second kappa shape index (κ2) is 7.46. The molecule has 2 atom stereocenters. The van der Waals surface area contributed by atoms with Crippen molar-refractivity contribution >= 4 is 5.91 Å². The van der Waals surface area contributed by atoms with Crippen LogP contribution in [0.25, 0.3) is 0 Å². The number of carbonyl (C=O) groups excluding carboxylic acids is 1. The molecule has 0 spiro atoms. The lowest BCUT2D eigenvalue weighted by Gasteiger charge is -2.19. The number of nitrogens with one attached hydrogen (secondary N) is 1. The summed E-state index contributed by atoms with van der Waals surface area (Å²) in [6, 6.07) is 7.94. The molecule has 0 bridgehead atoms. The van der Waals surface area contributed by atoms with Crippen LogP contribution in [0.1, 0.15) is 44.6 Å². The molecule has 2 N–H and O–H groups in total. The molecule has 4 nitrogen and oxygen atoms in total. The number of hydrogen-bond donors (Lipinski definition) is 2. The number of aliphatic hydroxyl groups excluding tert-OH is 1. The zero-order valence-corrected chi connectivity index (χ0v) is 12.8. The Bertz CT molecular complexity index is 473. The van der Waals surface area contributed by atoms with E-state index in [9.17, 15) is 9.90 Å². The molecule has 1 fully saturated rings. The van der Waals surface area contributed by atoms with Gasteiger partial charge >= 0.3 is 0 Å². The maximum Gasteiger partial charge on any atom is 0.258 e. The number of hydrogen-bond acceptors (Lipinski definition) is 3. The Morgan fingerprint density at radius 2 is 2.24 bits per heavy atom. The third-order valence-corrected chi connectivity index (χ3v) is 4.13. The van der Waals surface area contributed by atoms with E-state index in [2.05, 4.69) is 25.2 Å². The van der Waals surface area contributed by atoms with Crippen LogP contribution in [0.5, 0.6) is 5.75 Å². The molecule has 0 saturated heterocycles. The van der Waals surface area contributed by atoms with Crippen molar-refractivity contribution in [3.05, 3.63) is 29.8 Å². The number of rotatable bonds is 6. The fraction of sp³-hybridized carbons (Fsp3) is 0.588. The third-order valence-electron chi connectivity index (χ3n) is 4.13. The van der Waals surface area contributed by atoms with Crippen LogP contribution in [0.2, 0.25) is 0 Å². The van der Waals surface area contributed by atoms with E-state index in [-0.39, 0.29) is 31.1 Å². The summed E-state index contributed by atoms with van der Waals surface area (Å²) >= 11 is 0. The number of ether oxygens (including phenoxy) is 1. The molecule has 1 aromatic rings. The van der Waals surface area contributed by atoms with Crippen molar-refractivity contribution in [2.24, 2.45) is 5.92 Å². The molecule has 1 amide bonds. The van der Waals surface area contributed by atoms with E-state index in [1.165, 1.54) is 5.56 Å². The highest BCUT2D eigenvalue weighted by Crippen LogP contribution is 2.25. The molecule has 4 heteroatoms. The zero-order chi connectivity index (χ0) is 15.2. The molecule has 21 heavy (non-hydrogen) atoms. The van der Waals surface area contributed by atoms with Crippen molar-refractivity contribution in [3.8, 4) is 5.75 Å². The Hall–Kier alpha value is -1.55. The highest BCUT2D eigenvalue weighted by molar-refractivity contribution is 5.77. The monoisotopic (exact) mass is 291 g/mol. The molecule has 1 aliphatic carbocycles. The van der Waals surface area contributed by atoms with E-state index in [0.29, 0.717) is 5.92 Å². The van der Waals surface area contributed by atoms with Crippen LogP contribution in [0.4, 0.5) is 0 Å². The normalized spacial score (nSPS) is 21.5. The van der Waals surface area contributed by atoms with Crippen LogP contribution in [0.15, 0.2) is 24.3 Å². The topological polar surface area (TPSA) is 58.6 Å².